The maximum atomic E-state index is 12.9. The van der Waals surface area contributed by atoms with Gasteiger partial charge < -0.3 is 15.0 Å². The van der Waals surface area contributed by atoms with Gasteiger partial charge in [-0.3, -0.25) is 4.79 Å². The van der Waals surface area contributed by atoms with Crippen LogP contribution in [0, 0.1) is 6.92 Å². The maximum Gasteiger partial charge on any atom is 0.293 e. The van der Waals surface area contributed by atoms with Gasteiger partial charge in [-0.2, -0.15) is 4.52 Å². The van der Waals surface area contributed by atoms with E-state index in [0.717, 1.165) is 41.2 Å². The molecule has 0 unspecified atom stereocenters. The van der Waals surface area contributed by atoms with Crippen molar-refractivity contribution in [1.82, 2.24) is 29.8 Å². The summed E-state index contributed by atoms with van der Waals surface area (Å²) >= 11 is 1.65. The Labute approximate surface area is 160 Å². The highest BCUT2D eigenvalue weighted by Crippen LogP contribution is 2.39. The van der Waals surface area contributed by atoms with E-state index in [1.807, 2.05) is 11.8 Å². The van der Waals surface area contributed by atoms with E-state index in [1.54, 1.807) is 15.9 Å². The molecular formula is C18H22N6O2S. The van der Waals surface area contributed by atoms with E-state index in [9.17, 15) is 4.79 Å². The molecule has 1 N–H and O–H groups in total. The molecule has 0 atom stereocenters. The number of aryl methyl sites for hydroxylation is 1. The topological polar surface area (TPSA) is 84.7 Å². The summed E-state index contributed by atoms with van der Waals surface area (Å²) in [5.41, 5.74) is 1.74. The number of fused-ring (bicyclic) bond motifs is 5. The second-order valence-corrected chi connectivity index (χ2v) is 8.86. The standard InChI is InChI=1S/C18H22N6O2S/c1-10-20-16-13(11-8-18(2,3)26-9-12(11)27-16)15-21-14(22-24(10)15)17(25)23-6-4-19-5-7-23/h19H,4-9H2,1-3H3. The third-order valence-electron chi connectivity index (χ3n) is 5.26. The Bertz CT molecular complexity index is 1060. The van der Waals surface area contributed by atoms with Gasteiger partial charge in [0.25, 0.3) is 5.91 Å². The summed E-state index contributed by atoms with van der Waals surface area (Å²) in [6, 6.07) is 0. The van der Waals surface area contributed by atoms with Crippen LogP contribution in [0.4, 0.5) is 0 Å². The first-order chi connectivity index (χ1) is 12.9. The van der Waals surface area contributed by atoms with Crippen LogP contribution in [0.3, 0.4) is 0 Å². The molecule has 5 heterocycles. The number of carbonyl (C=O) groups excluding carboxylic acids is 1. The van der Waals surface area contributed by atoms with Gasteiger partial charge in [0, 0.05) is 37.5 Å². The number of nitrogens with zero attached hydrogens (tertiary/aromatic N) is 5. The summed E-state index contributed by atoms with van der Waals surface area (Å²) in [7, 11) is 0. The molecule has 2 aliphatic rings. The molecule has 0 radical (unpaired) electrons. The number of ether oxygens (including phenoxy) is 1. The number of aromatic nitrogens is 4. The van der Waals surface area contributed by atoms with Crippen LogP contribution in [0.25, 0.3) is 15.9 Å². The number of thiophene rings is 1. The number of rotatable bonds is 1. The van der Waals surface area contributed by atoms with Crippen LogP contribution in [0.15, 0.2) is 0 Å². The van der Waals surface area contributed by atoms with Gasteiger partial charge in [0.15, 0.2) is 5.65 Å². The third kappa shape index (κ3) is 2.72. The lowest BCUT2D eigenvalue weighted by Crippen LogP contribution is -2.46. The molecule has 1 saturated heterocycles. The van der Waals surface area contributed by atoms with Crippen LogP contribution < -0.4 is 5.32 Å². The van der Waals surface area contributed by atoms with E-state index in [-0.39, 0.29) is 17.3 Å². The molecule has 0 aromatic carbocycles. The zero-order valence-electron chi connectivity index (χ0n) is 15.7. The lowest BCUT2D eigenvalue weighted by atomic mass is 9.94. The van der Waals surface area contributed by atoms with Crippen molar-refractivity contribution in [2.24, 2.45) is 0 Å². The first-order valence-electron chi connectivity index (χ1n) is 9.24. The first kappa shape index (κ1) is 17.0. The van der Waals surface area contributed by atoms with E-state index in [4.69, 9.17) is 9.72 Å². The Morgan fingerprint density at radius 1 is 1.26 bits per heavy atom. The Balaban J connectivity index is 1.67. The Hall–Kier alpha value is -2.10. The summed E-state index contributed by atoms with van der Waals surface area (Å²) < 4.78 is 7.68. The van der Waals surface area contributed by atoms with E-state index in [2.05, 4.69) is 29.2 Å². The lowest BCUT2D eigenvalue weighted by Gasteiger charge is -2.30. The zero-order valence-corrected chi connectivity index (χ0v) is 16.5. The molecule has 1 fully saturated rings. The van der Waals surface area contributed by atoms with Crippen molar-refractivity contribution in [2.75, 3.05) is 26.2 Å². The van der Waals surface area contributed by atoms with Gasteiger partial charge in [-0.05, 0) is 26.3 Å². The molecule has 1 amide bonds. The number of carbonyl (C=O) groups is 1. The quantitative estimate of drug-likeness (QED) is 0.683. The molecule has 142 valence electrons. The highest BCUT2D eigenvalue weighted by atomic mass is 32.1. The minimum atomic E-state index is -0.220. The molecule has 27 heavy (non-hydrogen) atoms. The number of hydrogen-bond acceptors (Lipinski definition) is 7. The summed E-state index contributed by atoms with van der Waals surface area (Å²) in [6.45, 7) is 9.66. The van der Waals surface area contributed by atoms with Gasteiger partial charge in [0.1, 0.15) is 10.7 Å². The molecule has 2 aliphatic heterocycles. The average Bonchev–Trinajstić information content (AvgIpc) is 3.22. The SMILES string of the molecule is Cc1nc2sc3c(c2c2nc(C(=O)N4CCNCC4)nn12)CC(C)(C)OC3. The van der Waals surface area contributed by atoms with Crippen LogP contribution in [0.2, 0.25) is 0 Å². The predicted molar refractivity (Wildman–Crippen MR) is 102 cm³/mol. The fourth-order valence-corrected chi connectivity index (χ4v) is 4.99. The second kappa shape index (κ2) is 5.95. The van der Waals surface area contributed by atoms with Gasteiger partial charge in [0.05, 0.1) is 17.6 Å². The van der Waals surface area contributed by atoms with E-state index in [0.29, 0.717) is 19.7 Å². The van der Waals surface area contributed by atoms with Gasteiger partial charge in [-0.15, -0.1) is 16.4 Å². The van der Waals surface area contributed by atoms with Crippen molar-refractivity contribution < 1.29 is 9.53 Å². The van der Waals surface area contributed by atoms with Crippen molar-refractivity contribution in [1.29, 1.82) is 0 Å². The fraction of sp³-hybridized carbons (Fsp3) is 0.556. The smallest absolute Gasteiger partial charge is 0.293 e. The molecule has 9 heteroatoms. The van der Waals surface area contributed by atoms with E-state index < -0.39 is 0 Å². The monoisotopic (exact) mass is 386 g/mol. The van der Waals surface area contributed by atoms with Crippen molar-refractivity contribution in [3.8, 4) is 0 Å². The predicted octanol–water partition coefficient (Wildman–Crippen LogP) is 1.54. The zero-order chi connectivity index (χ0) is 18.8. The minimum absolute atomic E-state index is 0.111. The van der Waals surface area contributed by atoms with Crippen molar-refractivity contribution >= 4 is 33.1 Å². The average molecular weight is 386 g/mol. The van der Waals surface area contributed by atoms with Crippen LogP contribution >= 0.6 is 11.3 Å². The van der Waals surface area contributed by atoms with E-state index >= 15 is 0 Å². The third-order valence-corrected chi connectivity index (χ3v) is 6.36. The molecular weight excluding hydrogens is 364 g/mol. The summed E-state index contributed by atoms with van der Waals surface area (Å²) in [5, 5.41) is 8.78. The largest absolute Gasteiger partial charge is 0.370 e. The molecule has 0 saturated carbocycles. The van der Waals surface area contributed by atoms with Crippen LogP contribution in [0.5, 0.6) is 0 Å². The van der Waals surface area contributed by atoms with Crippen molar-refractivity contribution in [2.45, 2.75) is 39.4 Å². The van der Waals surface area contributed by atoms with Gasteiger partial charge in [0.2, 0.25) is 5.82 Å². The number of nitrogens with one attached hydrogen (secondary N) is 1. The second-order valence-electron chi connectivity index (χ2n) is 7.78. The normalized spacial score (nSPS) is 19.6. The molecule has 0 bridgehead atoms. The Morgan fingerprint density at radius 3 is 2.81 bits per heavy atom. The molecule has 5 rings (SSSR count). The highest BCUT2D eigenvalue weighted by Gasteiger charge is 2.32. The number of piperazine rings is 1. The molecule has 0 aliphatic carbocycles. The Morgan fingerprint density at radius 2 is 2.04 bits per heavy atom. The van der Waals surface area contributed by atoms with Crippen LogP contribution in [0.1, 0.15) is 40.7 Å². The van der Waals surface area contributed by atoms with Crippen molar-refractivity contribution in [3.63, 3.8) is 0 Å². The molecule has 8 nitrogen and oxygen atoms in total. The molecule has 3 aromatic heterocycles. The van der Waals surface area contributed by atoms with Crippen LogP contribution in [-0.4, -0.2) is 62.2 Å². The van der Waals surface area contributed by atoms with Gasteiger partial charge in [-0.1, -0.05) is 0 Å². The fourth-order valence-electron chi connectivity index (χ4n) is 3.84. The first-order valence-corrected chi connectivity index (χ1v) is 10.1. The highest BCUT2D eigenvalue weighted by molar-refractivity contribution is 7.19. The molecule has 3 aromatic rings. The van der Waals surface area contributed by atoms with E-state index in [1.165, 1.54) is 10.4 Å². The minimum Gasteiger partial charge on any atom is -0.370 e. The summed E-state index contributed by atoms with van der Waals surface area (Å²) in [4.78, 5) is 26.2. The number of hydrogen-bond donors (Lipinski definition) is 1. The Kier molecular flexibility index (Phi) is 3.75. The van der Waals surface area contributed by atoms with Gasteiger partial charge >= 0.3 is 0 Å². The summed E-state index contributed by atoms with van der Waals surface area (Å²) in [5.74, 6) is 0.879. The van der Waals surface area contributed by atoms with Crippen molar-refractivity contribution in [3.05, 3.63) is 22.1 Å². The maximum absolute atomic E-state index is 12.9. The van der Waals surface area contributed by atoms with Crippen LogP contribution in [-0.2, 0) is 17.8 Å². The number of amides is 1. The molecule has 0 spiro atoms. The summed E-state index contributed by atoms with van der Waals surface area (Å²) in [6.07, 6.45) is 0.802. The van der Waals surface area contributed by atoms with Gasteiger partial charge in [-0.25, -0.2) is 9.97 Å². The lowest BCUT2D eigenvalue weighted by molar-refractivity contribution is -0.0379.